The first kappa shape index (κ1) is 30.7. The Labute approximate surface area is 177 Å². The molecule has 17 heteroatoms. The van der Waals surface area contributed by atoms with Gasteiger partial charge in [-0.3, -0.25) is 4.74 Å². The first-order valence-electron chi connectivity index (χ1n) is 8.54. The number of sulfone groups is 1. The minimum atomic E-state index is -6.31. The standard InChI is InChI=1S/C15H22F9NO6S/c1-12(16,14(20,21)22)15(23,24)31-10(13(17,18)19)7-25(2,3)9(11(26)27)8-32(28,29)6-5-30-4/h9-10H,5-8H2,1-4H3/p+1. The molecule has 0 aliphatic carbocycles. The van der Waals surface area contributed by atoms with E-state index in [0.717, 1.165) is 7.11 Å². The summed E-state index contributed by atoms with van der Waals surface area (Å²) in [6.07, 6.45) is -21.9. The van der Waals surface area contributed by atoms with Gasteiger partial charge in [-0.25, -0.2) is 17.6 Å². The van der Waals surface area contributed by atoms with E-state index >= 15 is 0 Å². The van der Waals surface area contributed by atoms with Gasteiger partial charge in [-0.2, -0.15) is 35.1 Å². The third kappa shape index (κ3) is 7.91. The summed E-state index contributed by atoms with van der Waals surface area (Å²) >= 11 is 0. The topological polar surface area (TPSA) is 89.9 Å². The van der Waals surface area contributed by atoms with E-state index in [1.54, 1.807) is 0 Å². The Hall–Kier alpha value is -1.33. The highest BCUT2D eigenvalue weighted by Crippen LogP contribution is 2.47. The molecule has 192 valence electrons. The maximum Gasteiger partial charge on any atom is 0.430 e. The normalized spacial score (nSPS) is 18.2. The highest BCUT2D eigenvalue weighted by atomic mass is 32.2. The van der Waals surface area contributed by atoms with Crippen LogP contribution in [-0.4, -0.2) is 106 Å². The lowest BCUT2D eigenvalue weighted by Crippen LogP contribution is -2.63. The summed E-state index contributed by atoms with van der Waals surface area (Å²) in [5.41, 5.74) is -5.52. The molecule has 3 atom stereocenters. The van der Waals surface area contributed by atoms with Crippen LogP contribution >= 0.6 is 0 Å². The number of ether oxygens (including phenoxy) is 2. The van der Waals surface area contributed by atoms with E-state index in [1.807, 2.05) is 0 Å². The second-order valence-electron chi connectivity index (χ2n) is 7.59. The van der Waals surface area contributed by atoms with Gasteiger partial charge in [-0.15, -0.1) is 0 Å². The van der Waals surface area contributed by atoms with Crippen molar-refractivity contribution in [2.24, 2.45) is 0 Å². The van der Waals surface area contributed by atoms with E-state index in [1.165, 1.54) is 0 Å². The highest BCUT2D eigenvalue weighted by molar-refractivity contribution is 7.91. The van der Waals surface area contributed by atoms with Crippen molar-refractivity contribution in [2.45, 2.75) is 43.2 Å². The zero-order chi connectivity index (χ0) is 26.0. The van der Waals surface area contributed by atoms with Crippen molar-refractivity contribution < 1.29 is 71.8 Å². The maximum atomic E-state index is 13.8. The molecule has 0 saturated carbocycles. The number of nitrogens with zero attached hydrogens (tertiary/aromatic N) is 1. The third-order valence-corrected chi connectivity index (χ3v) is 6.12. The summed E-state index contributed by atoms with van der Waals surface area (Å²) in [5, 5.41) is 9.29. The van der Waals surface area contributed by atoms with Crippen molar-refractivity contribution in [3.8, 4) is 0 Å². The van der Waals surface area contributed by atoms with Crippen molar-refractivity contribution in [1.82, 2.24) is 0 Å². The van der Waals surface area contributed by atoms with Gasteiger partial charge in [-0.05, 0) is 6.92 Å². The number of rotatable bonds is 12. The molecule has 0 saturated heterocycles. The monoisotopic (exact) mass is 516 g/mol. The molecule has 0 bridgehead atoms. The number of hydrogen-bond donors (Lipinski definition) is 1. The van der Waals surface area contributed by atoms with Crippen molar-refractivity contribution >= 4 is 15.8 Å². The van der Waals surface area contributed by atoms with Crippen LogP contribution in [-0.2, 0) is 24.1 Å². The number of quaternary nitrogens is 1. The summed E-state index contributed by atoms with van der Waals surface area (Å²) in [7, 11) is -1.68. The summed E-state index contributed by atoms with van der Waals surface area (Å²) in [6, 6.07) is -2.17. The molecule has 0 aliphatic heterocycles. The van der Waals surface area contributed by atoms with Crippen molar-refractivity contribution in [2.75, 3.05) is 45.9 Å². The molecule has 32 heavy (non-hydrogen) atoms. The fraction of sp³-hybridized carbons (Fsp3) is 0.933. The molecule has 0 heterocycles. The zero-order valence-electron chi connectivity index (χ0n) is 17.2. The van der Waals surface area contributed by atoms with Gasteiger partial charge in [0.15, 0.2) is 9.84 Å². The molecule has 0 rings (SSSR count). The van der Waals surface area contributed by atoms with Gasteiger partial charge >= 0.3 is 24.4 Å². The second-order valence-corrected chi connectivity index (χ2v) is 9.82. The fourth-order valence-electron chi connectivity index (χ4n) is 2.32. The van der Waals surface area contributed by atoms with Crippen LogP contribution in [0.3, 0.4) is 0 Å². The van der Waals surface area contributed by atoms with Gasteiger partial charge in [0.2, 0.25) is 12.1 Å². The van der Waals surface area contributed by atoms with Gasteiger partial charge in [0.25, 0.3) is 5.67 Å². The number of carboxylic acid groups (broad SMARTS) is 1. The van der Waals surface area contributed by atoms with Gasteiger partial charge in [0.1, 0.15) is 12.3 Å². The van der Waals surface area contributed by atoms with Gasteiger partial charge in [0.05, 0.1) is 26.5 Å². The number of carbonyl (C=O) groups is 1. The Balaban J connectivity index is 6.03. The first-order valence-corrected chi connectivity index (χ1v) is 10.4. The Kier molecular flexibility index (Phi) is 9.47. The van der Waals surface area contributed by atoms with Gasteiger partial charge in [0, 0.05) is 7.11 Å². The van der Waals surface area contributed by atoms with E-state index in [0.29, 0.717) is 14.1 Å². The third-order valence-electron chi connectivity index (χ3n) is 4.51. The van der Waals surface area contributed by atoms with Crippen LogP contribution in [0.2, 0.25) is 0 Å². The van der Waals surface area contributed by atoms with Crippen molar-refractivity contribution in [3.05, 3.63) is 0 Å². The quantitative estimate of drug-likeness (QED) is 0.317. The summed E-state index contributed by atoms with van der Waals surface area (Å²) < 4.78 is 149. The van der Waals surface area contributed by atoms with E-state index in [4.69, 9.17) is 0 Å². The van der Waals surface area contributed by atoms with E-state index in [-0.39, 0.29) is 6.61 Å². The molecule has 0 spiro atoms. The molecule has 0 aromatic carbocycles. The number of methoxy groups -OCH3 is 1. The maximum absolute atomic E-state index is 13.8. The van der Waals surface area contributed by atoms with Crippen LogP contribution in [0.5, 0.6) is 0 Å². The summed E-state index contributed by atoms with van der Waals surface area (Å²) in [4.78, 5) is 11.5. The molecular formula is C15H23F9NO6S+. The van der Waals surface area contributed by atoms with E-state index < -0.39 is 81.5 Å². The lowest BCUT2D eigenvalue weighted by Gasteiger charge is -2.40. The molecule has 7 nitrogen and oxygen atoms in total. The van der Waals surface area contributed by atoms with Crippen LogP contribution in [0.15, 0.2) is 0 Å². The zero-order valence-corrected chi connectivity index (χ0v) is 18.0. The molecule has 0 radical (unpaired) electrons. The van der Waals surface area contributed by atoms with Crippen LogP contribution in [0.1, 0.15) is 6.92 Å². The molecule has 0 fully saturated rings. The van der Waals surface area contributed by atoms with Crippen molar-refractivity contribution in [1.29, 1.82) is 0 Å². The summed E-state index contributed by atoms with van der Waals surface area (Å²) in [6.45, 7) is -2.87. The number of halogens is 9. The Morgan fingerprint density at radius 2 is 1.50 bits per heavy atom. The average Bonchev–Trinajstić information content (AvgIpc) is 2.54. The SMILES string of the molecule is COCCS(=O)(=O)CC(C(=O)O)[N+](C)(C)CC(OC(F)(F)C(C)(F)C(F)(F)F)C(F)(F)F. The minimum Gasteiger partial charge on any atom is -0.477 e. The number of hydrogen-bond acceptors (Lipinski definition) is 5. The molecule has 0 aromatic rings. The average molecular weight is 516 g/mol. The van der Waals surface area contributed by atoms with Crippen LogP contribution in [0.25, 0.3) is 0 Å². The smallest absolute Gasteiger partial charge is 0.430 e. The lowest BCUT2D eigenvalue weighted by atomic mass is 10.1. The number of carboxylic acids is 1. The first-order chi connectivity index (χ1) is 13.9. The second kappa shape index (κ2) is 9.89. The molecule has 3 unspecified atom stereocenters. The number of likely N-dealkylation sites (N-methyl/N-ethyl adjacent to an activating group) is 1. The number of aliphatic carboxylic acids is 1. The molecular weight excluding hydrogens is 493 g/mol. The predicted molar refractivity (Wildman–Crippen MR) is 90.4 cm³/mol. The van der Waals surface area contributed by atoms with E-state index in [2.05, 4.69) is 9.47 Å². The molecule has 0 amide bonds. The predicted octanol–water partition coefficient (Wildman–Crippen LogP) is 2.41. The number of alkyl halides is 9. The molecule has 0 aromatic heterocycles. The fourth-order valence-corrected chi connectivity index (χ4v) is 3.94. The Bertz CT molecular complexity index is 749. The molecule has 1 N–H and O–H groups in total. The van der Waals surface area contributed by atoms with Crippen LogP contribution < -0.4 is 0 Å². The highest BCUT2D eigenvalue weighted by Gasteiger charge is 2.71. The largest absolute Gasteiger partial charge is 0.477 e. The Morgan fingerprint density at radius 1 is 1.03 bits per heavy atom. The van der Waals surface area contributed by atoms with Crippen LogP contribution in [0, 0.1) is 0 Å². The van der Waals surface area contributed by atoms with Crippen molar-refractivity contribution in [3.63, 3.8) is 0 Å². The van der Waals surface area contributed by atoms with Gasteiger partial charge in [-0.1, -0.05) is 0 Å². The minimum absolute atomic E-state index is 0.380. The van der Waals surface area contributed by atoms with Gasteiger partial charge < -0.3 is 14.3 Å². The van der Waals surface area contributed by atoms with Crippen LogP contribution in [0.4, 0.5) is 39.5 Å². The van der Waals surface area contributed by atoms with E-state index in [9.17, 15) is 57.8 Å². The lowest BCUT2D eigenvalue weighted by molar-refractivity contribution is -0.909. The molecule has 0 aliphatic rings. The summed E-state index contributed by atoms with van der Waals surface area (Å²) in [5.74, 6) is -3.89. The Morgan fingerprint density at radius 3 is 1.84 bits per heavy atom.